The van der Waals surface area contributed by atoms with E-state index in [1.54, 1.807) is 9.19 Å². The molecular formula is C22H31BN2Sn. The molecule has 0 amide bonds. The second-order valence-corrected chi connectivity index (χ2v) is 23.5. The van der Waals surface area contributed by atoms with Crippen LogP contribution in [0.5, 0.6) is 0 Å². The number of aromatic nitrogens is 2. The van der Waals surface area contributed by atoms with E-state index < -0.39 is 18.4 Å². The third kappa shape index (κ3) is 3.56. The molecule has 0 saturated carbocycles. The Hall–Kier alpha value is -0.966. The van der Waals surface area contributed by atoms with E-state index in [-0.39, 0.29) is 0 Å². The number of pyridine rings is 1. The summed E-state index contributed by atoms with van der Waals surface area (Å²) in [6, 6.07) is 10.8. The molecule has 0 aliphatic carbocycles. The maximum absolute atomic E-state index is 4.85. The Morgan fingerprint density at radius 1 is 0.962 bits per heavy atom. The van der Waals surface area contributed by atoms with Crippen molar-refractivity contribution in [3.63, 3.8) is 0 Å². The Morgan fingerprint density at radius 3 is 2.08 bits per heavy atom. The van der Waals surface area contributed by atoms with Crippen molar-refractivity contribution in [2.45, 2.75) is 65.0 Å². The van der Waals surface area contributed by atoms with E-state index in [2.05, 4.69) is 56.0 Å². The zero-order valence-electron chi connectivity index (χ0n) is 16.5. The van der Waals surface area contributed by atoms with Gasteiger partial charge in [-0.1, -0.05) is 0 Å². The van der Waals surface area contributed by atoms with Gasteiger partial charge in [0.25, 0.3) is 0 Å². The first kappa shape index (κ1) is 18.4. The summed E-state index contributed by atoms with van der Waals surface area (Å²) in [6.07, 6.45) is 15.1. The number of hydrogen-bond donors (Lipinski definition) is 0. The molecule has 26 heavy (non-hydrogen) atoms. The molecule has 4 rings (SSSR count). The Bertz CT molecular complexity index is 739. The standard InChI is InChI=1S/C19H22BN2.3CH3.Sn/c1-2-12-21-18(11-1)15-19(22-13-3-4-14-22)20-16-7-5-8-17(20)10-6-9-16;;;;/h1-4,11-14,16-17H,5-10H2;3*1H3;. The third-order valence-corrected chi connectivity index (χ3v) is 12.2. The first-order valence-electron chi connectivity index (χ1n) is 10.3. The third-order valence-electron chi connectivity index (χ3n) is 6.44. The van der Waals surface area contributed by atoms with Crippen LogP contribution < -0.4 is 0 Å². The van der Waals surface area contributed by atoms with Crippen LogP contribution in [0, 0.1) is 0 Å². The molecule has 2 bridgehead atoms. The van der Waals surface area contributed by atoms with Crippen LogP contribution in [0.15, 0.2) is 48.9 Å². The predicted molar refractivity (Wildman–Crippen MR) is 116 cm³/mol. The van der Waals surface area contributed by atoms with E-state index in [0.717, 1.165) is 18.3 Å². The van der Waals surface area contributed by atoms with Gasteiger partial charge in [-0.2, -0.15) is 0 Å². The molecule has 2 aliphatic heterocycles. The van der Waals surface area contributed by atoms with Gasteiger partial charge >= 0.3 is 163 Å². The fourth-order valence-electron chi connectivity index (χ4n) is 5.50. The molecule has 2 fully saturated rings. The molecule has 0 spiro atoms. The summed E-state index contributed by atoms with van der Waals surface area (Å²) in [4.78, 5) is 12.5. The summed E-state index contributed by atoms with van der Waals surface area (Å²) in [7, 11) is 0. The molecule has 2 aliphatic rings. The summed E-state index contributed by atoms with van der Waals surface area (Å²) < 4.78 is 4.10. The molecule has 2 aromatic rings. The van der Waals surface area contributed by atoms with E-state index in [9.17, 15) is 0 Å². The van der Waals surface area contributed by atoms with Crippen molar-refractivity contribution < 1.29 is 0 Å². The summed E-state index contributed by atoms with van der Waals surface area (Å²) in [6.45, 7) is 0.720. The normalized spacial score (nSPS) is 24.3. The van der Waals surface area contributed by atoms with Gasteiger partial charge in [0, 0.05) is 0 Å². The van der Waals surface area contributed by atoms with Crippen LogP contribution >= 0.6 is 0 Å². The van der Waals surface area contributed by atoms with Crippen LogP contribution in [0.1, 0.15) is 44.2 Å². The molecule has 2 nitrogen and oxygen atoms in total. The SMILES string of the molecule is [CH3][Sn]([CH3])([CH3])/[C](=C(\B1C2CCCC1CCC2)n1cccc1)c1ccccn1. The minimum absolute atomic E-state index is 0.720. The van der Waals surface area contributed by atoms with Gasteiger partial charge in [0.05, 0.1) is 0 Å². The van der Waals surface area contributed by atoms with Crippen molar-refractivity contribution in [3.05, 3.63) is 54.6 Å². The molecule has 0 aromatic carbocycles. The topological polar surface area (TPSA) is 17.8 Å². The number of fused-ring (bicyclic) bond motifs is 2. The Kier molecular flexibility index (Phi) is 5.36. The summed E-state index contributed by atoms with van der Waals surface area (Å²) in [5, 5.41) is 0. The van der Waals surface area contributed by atoms with Gasteiger partial charge in [-0.3, -0.25) is 0 Å². The van der Waals surface area contributed by atoms with E-state index in [1.165, 1.54) is 44.2 Å². The quantitative estimate of drug-likeness (QED) is 0.500. The Morgan fingerprint density at radius 2 is 1.58 bits per heavy atom. The zero-order valence-corrected chi connectivity index (χ0v) is 19.3. The maximum atomic E-state index is 4.85. The van der Waals surface area contributed by atoms with Crippen LogP contribution in [0.2, 0.25) is 26.5 Å². The predicted octanol–water partition coefficient (Wildman–Crippen LogP) is 6.27. The first-order chi connectivity index (χ1) is 12.6. The molecule has 0 atom stereocenters. The molecular weight excluding hydrogens is 422 g/mol. The molecule has 136 valence electrons. The molecule has 0 unspecified atom stereocenters. The van der Waals surface area contributed by atoms with E-state index in [1.807, 2.05) is 12.3 Å². The van der Waals surface area contributed by atoms with Gasteiger partial charge in [0.1, 0.15) is 0 Å². The van der Waals surface area contributed by atoms with Crippen molar-refractivity contribution >= 4 is 34.3 Å². The van der Waals surface area contributed by atoms with Crippen LogP contribution in [0.4, 0.5) is 0 Å². The van der Waals surface area contributed by atoms with Gasteiger partial charge in [0.2, 0.25) is 0 Å². The van der Waals surface area contributed by atoms with Gasteiger partial charge in [-0.15, -0.1) is 0 Å². The van der Waals surface area contributed by atoms with Crippen molar-refractivity contribution in [2.24, 2.45) is 0 Å². The monoisotopic (exact) mass is 454 g/mol. The summed E-state index contributed by atoms with van der Waals surface area (Å²) in [5.41, 5.74) is 2.86. The Labute approximate surface area is 163 Å². The zero-order chi connectivity index (χ0) is 18.1. The van der Waals surface area contributed by atoms with Crippen molar-refractivity contribution in [3.8, 4) is 0 Å². The first-order valence-corrected chi connectivity index (χ1v) is 20.3. The van der Waals surface area contributed by atoms with Gasteiger partial charge < -0.3 is 0 Å². The fourth-order valence-corrected chi connectivity index (χ4v) is 11.1. The minimum atomic E-state index is -2.42. The van der Waals surface area contributed by atoms with Gasteiger partial charge in [-0.05, 0) is 0 Å². The average Bonchev–Trinajstić information content (AvgIpc) is 3.13. The molecule has 0 radical (unpaired) electrons. The van der Waals surface area contributed by atoms with Gasteiger partial charge in [0.15, 0.2) is 0 Å². The Balaban J connectivity index is 1.96. The van der Waals surface area contributed by atoms with Crippen molar-refractivity contribution in [2.75, 3.05) is 0 Å². The van der Waals surface area contributed by atoms with E-state index in [4.69, 9.17) is 4.98 Å². The molecule has 0 N–H and O–H groups in total. The average molecular weight is 453 g/mol. The number of rotatable bonds is 4. The molecule has 2 saturated heterocycles. The van der Waals surface area contributed by atoms with Crippen LogP contribution in [0.25, 0.3) is 9.19 Å². The number of nitrogens with zero attached hydrogens (tertiary/aromatic N) is 2. The van der Waals surface area contributed by atoms with Crippen molar-refractivity contribution in [1.29, 1.82) is 0 Å². The van der Waals surface area contributed by atoms with E-state index >= 15 is 0 Å². The molecule has 4 heterocycles. The van der Waals surface area contributed by atoms with Crippen LogP contribution in [-0.4, -0.2) is 34.6 Å². The summed E-state index contributed by atoms with van der Waals surface area (Å²) >= 11 is -2.42. The van der Waals surface area contributed by atoms with Crippen LogP contribution in [0.3, 0.4) is 0 Å². The van der Waals surface area contributed by atoms with Gasteiger partial charge in [-0.25, -0.2) is 0 Å². The fraction of sp³-hybridized carbons (Fsp3) is 0.500. The van der Waals surface area contributed by atoms with Crippen LogP contribution in [-0.2, 0) is 0 Å². The summed E-state index contributed by atoms with van der Waals surface area (Å²) in [5.74, 6) is 1.74. The molecule has 2 aromatic heterocycles. The van der Waals surface area contributed by atoms with E-state index in [0.29, 0.717) is 0 Å². The molecule has 4 heteroatoms. The second kappa shape index (κ2) is 7.57. The number of hydrogen-bond acceptors (Lipinski definition) is 1. The second-order valence-electron chi connectivity index (χ2n) is 9.22. The van der Waals surface area contributed by atoms with Crippen molar-refractivity contribution in [1.82, 2.24) is 9.55 Å².